The van der Waals surface area contributed by atoms with E-state index in [9.17, 15) is 4.79 Å². The molecular weight excluding hydrogens is 226 g/mol. The molecule has 4 unspecified atom stereocenters. The Kier molecular flexibility index (Phi) is 2.82. The molecule has 3 rings (SSSR count). The molecule has 1 heterocycles. The maximum Gasteiger partial charge on any atom is 0.142 e. The van der Waals surface area contributed by atoms with E-state index < -0.39 is 0 Å². The van der Waals surface area contributed by atoms with Crippen molar-refractivity contribution in [3.63, 3.8) is 0 Å². The number of fused-ring (bicyclic) bond motifs is 2. The average molecular weight is 245 g/mol. The Hall–Kier alpha value is -1.42. The normalized spacial score (nSPS) is 33.8. The van der Waals surface area contributed by atoms with Crippen LogP contribution in [-0.4, -0.2) is 16.8 Å². The molecule has 4 heteroatoms. The van der Waals surface area contributed by atoms with Crippen LogP contribution in [0.15, 0.2) is 18.3 Å². The topological polar surface area (TPSA) is 82.0 Å². The summed E-state index contributed by atoms with van der Waals surface area (Å²) >= 11 is 0. The fourth-order valence-electron chi connectivity index (χ4n) is 3.74. The van der Waals surface area contributed by atoms with Crippen molar-refractivity contribution in [1.29, 1.82) is 0 Å². The fourth-order valence-corrected chi connectivity index (χ4v) is 3.74. The second-order valence-electron chi connectivity index (χ2n) is 5.67. The molecule has 4 nitrogen and oxygen atoms in total. The average Bonchev–Trinajstić information content (AvgIpc) is 2.89. The number of carbonyl (C=O) groups is 1. The highest BCUT2D eigenvalue weighted by molar-refractivity contribution is 5.85. The summed E-state index contributed by atoms with van der Waals surface area (Å²) < 4.78 is 0. The van der Waals surface area contributed by atoms with E-state index in [1.165, 1.54) is 12.8 Å². The molecule has 0 amide bonds. The minimum Gasteiger partial charge on any atom is -0.384 e. The van der Waals surface area contributed by atoms with E-state index in [4.69, 9.17) is 11.5 Å². The van der Waals surface area contributed by atoms with E-state index in [0.717, 1.165) is 12.0 Å². The highest BCUT2D eigenvalue weighted by atomic mass is 16.1. The first-order valence-electron chi connectivity index (χ1n) is 6.64. The zero-order valence-electron chi connectivity index (χ0n) is 10.4. The summed E-state index contributed by atoms with van der Waals surface area (Å²) in [6.07, 6.45) is 5.62. The van der Waals surface area contributed by atoms with Gasteiger partial charge in [0, 0.05) is 24.6 Å². The van der Waals surface area contributed by atoms with Crippen LogP contribution < -0.4 is 11.5 Å². The maximum absolute atomic E-state index is 12.4. The molecule has 96 valence electrons. The van der Waals surface area contributed by atoms with Gasteiger partial charge in [-0.15, -0.1) is 0 Å². The van der Waals surface area contributed by atoms with Gasteiger partial charge in [-0.2, -0.15) is 0 Å². The Balaban J connectivity index is 1.72. The van der Waals surface area contributed by atoms with Crippen molar-refractivity contribution < 1.29 is 4.79 Å². The van der Waals surface area contributed by atoms with Crippen LogP contribution in [0.3, 0.4) is 0 Å². The van der Waals surface area contributed by atoms with Gasteiger partial charge in [-0.3, -0.25) is 4.79 Å². The number of carbonyl (C=O) groups excluding carboxylic acids is 1. The summed E-state index contributed by atoms with van der Waals surface area (Å²) in [6, 6.07) is 3.71. The van der Waals surface area contributed by atoms with E-state index >= 15 is 0 Å². The van der Waals surface area contributed by atoms with E-state index in [1.807, 2.05) is 6.07 Å². The van der Waals surface area contributed by atoms with E-state index in [-0.39, 0.29) is 17.7 Å². The fraction of sp³-hybridized carbons (Fsp3) is 0.571. The van der Waals surface area contributed by atoms with Crippen LogP contribution in [0.25, 0.3) is 0 Å². The first-order valence-corrected chi connectivity index (χ1v) is 6.64. The van der Waals surface area contributed by atoms with Crippen molar-refractivity contribution in [2.24, 2.45) is 23.5 Å². The Morgan fingerprint density at radius 3 is 2.83 bits per heavy atom. The number of hydrogen-bond acceptors (Lipinski definition) is 4. The van der Waals surface area contributed by atoms with Gasteiger partial charge in [-0.05, 0) is 48.8 Å². The first kappa shape index (κ1) is 11.7. The molecule has 1 aromatic heterocycles. The second kappa shape index (κ2) is 4.35. The number of nitrogen functional groups attached to an aromatic ring is 1. The van der Waals surface area contributed by atoms with Gasteiger partial charge in [-0.1, -0.05) is 0 Å². The molecule has 4 N–H and O–H groups in total. The van der Waals surface area contributed by atoms with Crippen LogP contribution in [0.5, 0.6) is 0 Å². The van der Waals surface area contributed by atoms with Crippen LogP contribution in [0.1, 0.15) is 24.8 Å². The van der Waals surface area contributed by atoms with Gasteiger partial charge in [0.25, 0.3) is 0 Å². The van der Waals surface area contributed by atoms with Crippen molar-refractivity contribution >= 4 is 11.6 Å². The zero-order valence-corrected chi connectivity index (χ0v) is 10.4. The molecule has 2 bridgehead atoms. The lowest BCUT2D eigenvalue weighted by Crippen LogP contribution is -2.40. The molecule has 2 aliphatic rings. The minimum atomic E-state index is 0.0677. The van der Waals surface area contributed by atoms with Crippen molar-refractivity contribution in [2.75, 3.05) is 5.73 Å². The lowest BCUT2D eigenvalue weighted by atomic mass is 9.80. The third-order valence-corrected chi connectivity index (χ3v) is 4.58. The number of ketones is 1. The number of hydrogen-bond donors (Lipinski definition) is 2. The third kappa shape index (κ3) is 1.90. The van der Waals surface area contributed by atoms with Crippen molar-refractivity contribution in [3.8, 4) is 0 Å². The quantitative estimate of drug-likeness (QED) is 0.837. The maximum atomic E-state index is 12.4. The molecule has 2 fully saturated rings. The van der Waals surface area contributed by atoms with Crippen molar-refractivity contribution in [2.45, 2.75) is 31.7 Å². The van der Waals surface area contributed by atoms with Gasteiger partial charge in [0.15, 0.2) is 0 Å². The SMILES string of the molecule is Nc1cc(CC(=O)C2C3CCC(C3)C2N)ccn1. The van der Waals surface area contributed by atoms with Crippen LogP contribution >= 0.6 is 0 Å². The molecule has 2 saturated carbocycles. The predicted octanol–water partition coefficient (Wildman–Crippen LogP) is 1.15. The molecule has 4 atom stereocenters. The molecule has 0 aliphatic heterocycles. The summed E-state index contributed by atoms with van der Waals surface area (Å²) in [4.78, 5) is 16.3. The molecule has 0 saturated heterocycles. The van der Waals surface area contributed by atoms with Crippen molar-refractivity contribution in [1.82, 2.24) is 4.98 Å². The molecule has 1 aromatic rings. The third-order valence-electron chi connectivity index (χ3n) is 4.58. The lowest BCUT2D eigenvalue weighted by molar-refractivity contribution is -0.124. The zero-order chi connectivity index (χ0) is 12.7. The van der Waals surface area contributed by atoms with Crippen molar-refractivity contribution in [3.05, 3.63) is 23.9 Å². The van der Waals surface area contributed by atoms with Crippen LogP contribution in [0, 0.1) is 17.8 Å². The Labute approximate surface area is 107 Å². The Morgan fingerprint density at radius 1 is 1.39 bits per heavy atom. The standard InChI is InChI=1S/C14H19N3O/c15-12-6-8(3-4-17-12)5-11(18)13-9-1-2-10(7-9)14(13)16/h3-4,6,9-10,13-14H,1-2,5,7,16H2,(H2,15,17). The molecule has 0 aromatic carbocycles. The summed E-state index contributed by atoms with van der Waals surface area (Å²) in [5.74, 6) is 1.92. The molecule has 0 spiro atoms. The number of nitrogens with zero attached hydrogens (tertiary/aromatic N) is 1. The van der Waals surface area contributed by atoms with Gasteiger partial charge >= 0.3 is 0 Å². The van der Waals surface area contributed by atoms with Crippen LogP contribution in [0.4, 0.5) is 5.82 Å². The van der Waals surface area contributed by atoms with Gasteiger partial charge in [0.1, 0.15) is 11.6 Å². The first-order chi connectivity index (χ1) is 8.65. The molecule has 0 radical (unpaired) electrons. The monoisotopic (exact) mass is 245 g/mol. The molecule has 18 heavy (non-hydrogen) atoms. The highest BCUT2D eigenvalue weighted by Gasteiger charge is 2.48. The van der Waals surface area contributed by atoms with Crippen LogP contribution in [0.2, 0.25) is 0 Å². The Bertz CT molecular complexity index is 472. The van der Waals surface area contributed by atoms with Gasteiger partial charge in [0.05, 0.1) is 0 Å². The van der Waals surface area contributed by atoms with Gasteiger partial charge < -0.3 is 11.5 Å². The minimum absolute atomic E-state index is 0.0677. The summed E-state index contributed by atoms with van der Waals surface area (Å²) in [5.41, 5.74) is 12.8. The molecular formula is C14H19N3O. The molecule has 2 aliphatic carbocycles. The second-order valence-corrected chi connectivity index (χ2v) is 5.67. The summed E-state index contributed by atoms with van der Waals surface area (Å²) in [6.45, 7) is 0. The van der Waals surface area contributed by atoms with Gasteiger partial charge in [0.2, 0.25) is 0 Å². The van der Waals surface area contributed by atoms with E-state index in [2.05, 4.69) is 4.98 Å². The Morgan fingerprint density at radius 2 is 2.17 bits per heavy atom. The lowest BCUT2D eigenvalue weighted by Gasteiger charge is -2.26. The summed E-state index contributed by atoms with van der Waals surface area (Å²) in [5, 5.41) is 0. The van der Waals surface area contributed by atoms with E-state index in [0.29, 0.717) is 24.1 Å². The van der Waals surface area contributed by atoms with E-state index in [1.54, 1.807) is 12.3 Å². The smallest absolute Gasteiger partial charge is 0.142 e. The number of Topliss-reactive ketones (excluding diaryl/α,β-unsaturated/α-hetero) is 1. The number of rotatable bonds is 3. The largest absolute Gasteiger partial charge is 0.384 e. The highest BCUT2D eigenvalue weighted by Crippen LogP contribution is 2.48. The number of pyridine rings is 1. The predicted molar refractivity (Wildman–Crippen MR) is 69.7 cm³/mol. The van der Waals surface area contributed by atoms with Gasteiger partial charge in [-0.25, -0.2) is 4.98 Å². The summed E-state index contributed by atoms with van der Waals surface area (Å²) in [7, 11) is 0. The number of nitrogens with two attached hydrogens (primary N) is 2. The number of anilines is 1. The van der Waals surface area contributed by atoms with Crippen LogP contribution in [-0.2, 0) is 11.2 Å². The number of aromatic nitrogens is 1.